The first-order valence-corrected chi connectivity index (χ1v) is 8.24. The van der Waals surface area contributed by atoms with Crippen LogP contribution in [-0.4, -0.2) is 17.9 Å². The molecule has 0 saturated carbocycles. The summed E-state index contributed by atoms with van der Waals surface area (Å²) >= 11 is 14.3. The summed E-state index contributed by atoms with van der Waals surface area (Å²) < 4.78 is 1.84. The molecule has 100 valence electrons. The number of thiophene rings is 1. The predicted molar refractivity (Wildman–Crippen MR) is 87.0 cm³/mol. The molecule has 0 bridgehead atoms. The normalized spacial score (nSPS) is 10.5. The van der Waals surface area contributed by atoms with E-state index in [0.717, 1.165) is 13.8 Å². The number of rotatable bonds is 3. The summed E-state index contributed by atoms with van der Waals surface area (Å²) in [6.07, 6.45) is 0. The zero-order valence-electron chi connectivity index (χ0n) is 9.99. The predicted octanol–water partition coefficient (Wildman–Crippen LogP) is 5.20. The molecule has 1 amide bonds. The fraction of sp³-hybridized carbons (Fsp3) is 0.154. The average Bonchev–Trinajstić information content (AvgIpc) is 2.72. The molecule has 0 unspecified atom stereocenters. The first-order valence-electron chi connectivity index (χ1n) is 5.40. The molecule has 0 spiro atoms. The molecule has 2 rings (SSSR count). The average molecular weight is 424 g/mol. The topological polar surface area (TPSA) is 20.3 Å². The number of halogens is 3. The zero-order chi connectivity index (χ0) is 14.0. The molecule has 6 heteroatoms. The molecule has 2 nitrogen and oxygen atoms in total. The van der Waals surface area contributed by atoms with E-state index in [1.807, 2.05) is 11.4 Å². The van der Waals surface area contributed by atoms with Crippen LogP contribution in [0.15, 0.2) is 38.6 Å². The molecule has 0 atom stereocenters. The van der Waals surface area contributed by atoms with Gasteiger partial charge in [0.1, 0.15) is 0 Å². The van der Waals surface area contributed by atoms with E-state index in [1.165, 1.54) is 0 Å². The molecule has 1 aromatic carbocycles. The number of hydrogen-bond acceptors (Lipinski definition) is 2. The van der Waals surface area contributed by atoms with Gasteiger partial charge in [0.2, 0.25) is 0 Å². The summed E-state index contributed by atoms with van der Waals surface area (Å²) in [5.74, 6) is -0.0484. The van der Waals surface area contributed by atoms with Crippen LogP contribution < -0.4 is 0 Å². The van der Waals surface area contributed by atoms with E-state index in [-0.39, 0.29) is 5.91 Å². The van der Waals surface area contributed by atoms with Crippen LogP contribution >= 0.6 is 54.8 Å². The van der Waals surface area contributed by atoms with E-state index in [1.54, 1.807) is 41.5 Å². The van der Waals surface area contributed by atoms with E-state index in [0.29, 0.717) is 17.1 Å². The Balaban J connectivity index is 2.14. The van der Waals surface area contributed by atoms with Crippen LogP contribution in [0.5, 0.6) is 0 Å². The molecule has 0 N–H and O–H groups in total. The summed E-state index contributed by atoms with van der Waals surface area (Å²) in [6, 6.07) is 7.22. The second-order valence-electron chi connectivity index (χ2n) is 4.05. The van der Waals surface area contributed by atoms with E-state index < -0.39 is 0 Å². The molecule has 1 aromatic heterocycles. The van der Waals surface area contributed by atoms with Crippen molar-refractivity contribution in [2.24, 2.45) is 0 Å². The van der Waals surface area contributed by atoms with Crippen molar-refractivity contribution in [1.29, 1.82) is 0 Å². The van der Waals surface area contributed by atoms with Gasteiger partial charge in [-0.3, -0.25) is 4.79 Å². The minimum Gasteiger partial charge on any atom is -0.337 e. The maximum Gasteiger partial charge on any atom is 0.254 e. The Kier molecular flexibility index (Phi) is 5.06. The molecular weight excluding hydrogens is 413 g/mol. The molecule has 0 saturated heterocycles. The fourth-order valence-electron chi connectivity index (χ4n) is 1.64. The van der Waals surface area contributed by atoms with E-state index in [9.17, 15) is 4.79 Å². The molecule has 2 aromatic rings. The monoisotopic (exact) mass is 421 g/mol. The van der Waals surface area contributed by atoms with Crippen molar-refractivity contribution in [1.82, 2.24) is 4.90 Å². The molecule has 19 heavy (non-hydrogen) atoms. The quantitative estimate of drug-likeness (QED) is 0.665. The Bertz CT molecular complexity index is 594. The maximum absolute atomic E-state index is 12.3. The standard InChI is InChI=1S/C13H10Br2ClNOS/c1-17(6-12-5-10(15)7-19-12)13(18)8-2-9(14)4-11(16)3-8/h2-5,7H,6H2,1H3. The highest BCUT2D eigenvalue weighted by atomic mass is 79.9. The molecule has 0 aliphatic rings. The maximum atomic E-state index is 12.3. The van der Waals surface area contributed by atoms with Gasteiger partial charge in [0.25, 0.3) is 5.91 Å². The van der Waals surface area contributed by atoms with Crippen LogP contribution in [0.4, 0.5) is 0 Å². The third kappa shape index (κ3) is 4.05. The first-order chi connectivity index (χ1) is 8.95. The summed E-state index contributed by atoms with van der Waals surface area (Å²) in [5, 5.41) is 2.55. The molecular formula is C13H10Br2ClNOS. The lowest BCUT2D eigenvalue weighted by Crippen LogP contribution is -2.25. The minimum absolute atomic E-state index is 0.0484. The van der Waals surface area contributed by atoms with Gasteiger partial charge in [0.05, 0.1) is 6.54 Å². The van der Waals surface area contributed by atoms with E-state index >= 15 is 0 Å². The second kappa shape index (κ2) is 6.39. The van der Waals surface area contributed by atoms with Gasteiger partial charge in [0.15, 0.2) is 0 Å². The van der Waals surface area contributed by atoms with Gasteiger partial charge in [-0.25, -0.2) is 0 Å². The Labute approximate surface area is 137 Å². The largest absolute Gasteiger partial charge is 0.337 e. The van der Waals surface area contributed by atoms with Crippen molar-refractivity contribution in [3.8, 4) is 0 Å². The highest BCUT2D eigenvalue weighted by Crippen LogP contribution is 2.23. The van der Waals surface area contributed by atoms with Gasteiger partial charge in [-0.05, 0) is 40.2 Å². The lowest BCUT2D eigenvalue weighted by atomic mass is 10.2. The van der Waals surface area contributed by atoms with Gasteiger partial charge < -0.3 is 4.90 Å². The third-order valence-corrected chi connectivity index (χ3v) is 4.83. The van der Waals surface area contributed by atoms with Crippen molar-refractivity contribution < 1.29 is 4.79 Å². The minimum atomic E-state index is -0.0484. The van der Waals surface area contributed by atoms with Gasteiger partial charge in [-0.2, -0.15) is 0 Å². The second-order valence-corrected chi connectivity index (χ2v) is 7.31. The van der Waals surface area contributed by atoms with E-state index in [2.05, 4.69) is 31.9 Å². The smallest absolute Gasteiger partial charge is 0.254 e. The Morgan fingerprint density at radius 1 is 1.26 bits per heavy atom. The van der Waals surface area contributed by atoms with Crippen molar-refractivity contribution in [3.05, 3.63) is 54.1 Å². The van der Waals surface area contributed by atoms with Crippen LogP contribution in [0, 0.1) is 0 Å². The number of carbonyl (C=O) groups is 1. The summed E-state index contributed by atoms with van der Waals surface area (Å²) in [5.41, 5.74) is 0.581. The number of benzene rings is 1. The van der Waals surface area contributed by atoms with Crippen LogP contribution in [-0.2, 0) is 6.54 Å². The summed E-state index contributed by atoms with van der Waals surface area (Å²) in [6.45, 7) is 0.583. The first kappa shape index (κ1) is 15.0. The van der Waals surface area contributed by atoms with Gasteiger partial charge in [-0.1, -0.05) is 27.5 Å². The van der Waals surface area contributed by atoms with Crippen LogP contribution in [0.1, 0.15) is 15.2 Å². The lowest BCUT2D eigenvalue weighted by Gasteiger charge is -2.16. The van der Waals surface area contributed by atoms with Gasteiger partial charge in [-0.15, -0.1) is 11.3 Å². The molecule has 0 aliphatic heterocycles. The van der Waals surface area contributed by atoms with Crippen LogP contribution in [0.25, 0.3) is 0 Å². The highest BCUT2D eigenvalue weighted by Gasteiger charge is 2.14. The molecule has 0 aliphatic carbocycles. The van der Waals surface area contributed by atoms with Crippen molar-refractivity contribution >= 4 is 60.7 Å². The lowest BCUT2D eigenvalue weighted by molar-refractivity contribution is 0.0786. The Hall–Kier alpha value is -0.360. The third-order valence-electron chi connectivity index (χ3n) is 2.47. The molecule has 0 radical (unpaired) electrons. The van der Waals surface area contributed by atoms with Crippen LogP contribution in [0.3, 0.4) is 0 Å². The van der Waals surface area contributed by atoms with Gasteiger partial charge >= 0.3 is 0 Å². The molecule has 1 heterocycles. The summed E-state index contributed by atoms with van der Waals surface area (Å²) in [4.78, 5) is 15.1. The Morgan fingerprint density at radius 2 is 2.00 bits per heavy atom. The van der Waals surface area contributed by atoms with E-state index in [4.69, 9.17) is 11.6 Å². The molecule has 0 fully saturated rings. The number of hydrogen-bond donors (Lipinski definition) is 0. The highest BCUT2D eigenvalue weighted by molar-refractivity contribution is 9.10. The summed E-state index contributed by atoms with van der Waals surface area (Å²) in [7, 11) is 1.78. The van der Waals surface area contributed by atoms with Crippen LogP contribution in [0.2, 0.25) is 5.02 Å². The SMILES string of the molecule is CN(Cc1cc(Br)cs1)C(=O)c1cc(Cl)cc(Br)c1. The Morgan fingerprint density at radius 3 is 2.58 bits per heavy atom. The number of nitrogens with zero attached hydrogens (tertiary/aromatic N) is 1. The number of amides is 1. The van der Waals surface area contributed by atoms with Crippen molar-refractivity contribution in [3.63, 3.8) is 0 Å². The van der Waals surface area contributed by atoms with Gasteiger partial charge in [0, 0.05) is 36.8 Å². The number of carbonyl (C=O) groups excluding carboxylic acids is 1. The van der Waals surface area contributed by atoms with Crippen molar-refractivity contribution in [2.45, 2.75) is 6.54 Å². The zero-order valence-corrected chi connectivity index (χ0v) is 14.7. The van der Waals surface area contributed by atoms with Crippen molar-refractivity contribution in [2.75, 3.05) is 7.05 Å². The fourth-order valence-corrected chi connectivity index (χ4v) is 4.00.